The Morgan fingerprint density at radius 2 is 1.37 bits per heavy atom. The highest BCUT2D eigenvalue weighted by atomic mass is 35.5. The quantitative estimate of drug-likeness (QED) is 0.258. The van der Waals surface area contributed by atoms with E-state index in [4.69, 9.17) is 23.2 Å². The summed E-state index contributed by atoms with van der Waals surface area (Å²) >= 11 is 12.4. The van der Waals surface area contributed by atoms with E-state index in [0.29, 0.717) is 0 Å². The molecule has 0 saturated carbocycles. The Hall–Kier alpha value is -3.12. The maximum atomic E-state index is 6.20. The molecular formula is C31H31Cl2N5. The largest absolute Gasteiger partial charge is 0.362 e. The highest BCUT2D eigenvalue weighted by Crippen LogP contribution is 2.34. The van der Waals surface area contributed by atoms with Crippen molar-refractivity contribution in [2.75, 3.05) is 31.1 Å². The van der Waals surface area contributed by atoms with E-state index in [2.05, 4.69) is 73.1 Å². The Morgan fingerprint density at radius 3 is 2.00 bits per heavy atom. The number of hydrogen-bond donors (Lipinski definition) is 0. The van der Waals surface area contributed by atoms with Crippen LogP contribution in [0.25, 0.3) is 11.3 Å². The Kier molecular flexibility index (Phi) is 7.24. The minimum atomic E-state index is 0.760. The average Bonchev–Trinajstić information content (AvgIpc) is 3.32. The third kappa shape index (κ3) is 5.11. The number of fused-ring (bicyclic) bond motifs is 3. The maximum absolute atomic E-state index is 6.20. The van der Waals surface area contributed by atoms with Crippen LogP contribution in [0.15, 0.2) is 78.4 Å². The van der Waals surface area contributed by atoms with Crippen molar-refractivity contribution < 1.29 is 0 Å². The van der Waals surface area contributed by atoms with Crippen LogP contribution in [0, 0.1) is 6.92 Å². The van der Waals surface area contributed by atoms with Gasteiger partial charge in [0, 0.05) is 29.7 Å². The minimum Gasteiger partial charge on any atom is -0.362 e. The molecule has 0 bridgehead atoms. The van der Waals surface area contributed by atoms with Gasteiger partial charge in [0.2, 0.25) is 0 Å². The maximum Gasteiger partial charge on any atom is 0.157 e. The summed E-state index contributed by atoms with van der Waals surface area (Å²) < 4.78 is 2.18. The standard InChI is InChI=1S/C31H31Cl2N5/c1-22-34-35-30-21-37(28-5-2-3-6-29(28)38(22)30)18-4-17-36-19-15-25(16-20-36)31(23-7-11-26(32)12-8-23)24-9-13-27(33)14-10-24/h2-3,5-14H,4,15-21H2,1H3. The smallest absolute Gasteiger partial charge is 0.157 e. The molecule has 194 valence electrons. The van der Waals surface area contributed by atoms with Crippen molar-refractivity contribution in [3.8, 4) is 5.69 Å². The van der Waals surface area contributed by atoms with Crippen molar-refractivity contribution in [3.63, 3.8) is 0 Å². The van der Waals surface area contributed by atoms with Gasteiger partial charge in [0.05, 0.1) is 17.9 Å². The molecule has 1 aromatic heterocycles. The molecule has 2 aliphatic heterocycles. The molecule has 5 nitrogen and oxygen atoms in total. The average molecular weight is 545 g/mol. The molecule has 0 radical (unpaired) electrons. The number of piperidine rings is 1. The van der Waals surface area contributed by atoms with E-state index in [-0.39, 0.29) is 0 Å². The molecule has 0 unspecified atom stereocenters. The fourth-order valence-electron chi connectivity index (χ4n) is 5.79. The van der Waals surface area contributed by atoms with Gasteiger partial charge in [-0.1, -0.05) is 65.2 Å². The van der Waals surface area contributed by atoms with Crippen LogP contribution in [-0.2, 0) is 6.54 Å². The van der Waals surface area contributed by atoms with Crippen molar-refractivity contribution in [1.82, 2.24) is 19.7 Å². The van der Waals surface area contributed by atoms with Gasteiger partial charge in [-0.25, -0.2) is 0 Å². The number of rotatable bonds is 6. The fourth-order valence-corrected chi connectivity index (χ4v) is 6.04. The zero-order valence-electron chi connectivity index (χ0n) is 21.6. The number of anilines is 1. The van der Waals surface area contributed by atoms with Crippen LogP contribution in [0.3, 0.4) is 0 Å². The monoisotopic (exact) mass is 543 g/mol. The number of hydrogen-bond acceptors (Lipinski definition) is 4. The van der Waals surface area contributed by atoms with Crippen LogP contribution >= 0.6 is 23.2 Å². The number of halogens is 2. The summed E-state index contributed by atoms with van der Waals surface area (Å²) in [7, 11) is 0. The summed E-state index contributed by atoms with van der Waals surface area (Å²) in [4.78, 5) is 5.06. The van der Waals surface area contributed by atoms with Crippen LogP contribution in [0.5, 0.6) is 0 Å². The van der Waals surface area contributed by atoms with Gasteiger partial charge in [0.15, 0.2) is 5.82 Å². The van der Waals surface area contributed by atoms with E-state index in [1.54, 1.807) is 0 Å². The van der Waals surface area contributed by atoms with Crippen LogP contribution < -0.4 is 4.90 Å². The van der Waals surface area contributed by atoms with Gasteiger partial charge < -0.3 is 9.80 Å². The molecule has 0 aliphatic carbocycles. The summed E-state index contributed by atoms with van der Waals surface area (Å²) in [6.07, 6.45) is 3.24. The van der Waals surface area contributed by atoms with Gasteiger partial charge in [-0.2, -0.15) is 0 Å². The van der Waals surface area contributed by atoms with E-state index in [9.17, 15) is 0 Å². The van der Waals surface area contributed by atoms with Gasteiger partial charge in [-0.05, 0) is 85.8 Å². The molecule has 4 aromatic rings. The number of likely N-dealkylation sites (tertiary alicyclic amines) is 1. The molecule has 0 spiro atoms. The van der Waals surface area contributed by atoms with E-state index in [1.165, 1.54) is 33.6 Å². The van der Waals surface area contributed by atoms with Gasteiger partial charge in [0.1, 0.15) is 5.82 Å². The highest BCUT2D eigenvalue weighted by Gasteiger charge is 2.25. The second-order valence-corrected chi connectivity index (χ2v) is 11.0. The first-order valence-corrected chi connectivity index (χ1v) is 14.0. The zero-order valence-corrected chi connectivity index (χ0v) is 23.1. The van der Waals surface area contributed by atoms with Gasteiger partial charge in [-0.3, -0.25) is 4.57 Å². The van der Waals surface area contributed by atoms with E-state index in [1.807, 2.05) is 31.2 Å². The lowest BCUT2D eigenvalue weighted by molar-refractivity contribution is 0.254. The Labute approximate surface area is 234 Å². The van der Waals surface area contributed by atoms with Crippen molar-refractivity contribution in [2.45, 2.75) is 32.7 Å². The molecule has 7 heteroatoms. The molecule has 3 heterocycles. The first-order chi connectivity index (χ1) is 18.6. The third-order valence-corrected chi connectivity index (χ3v) is 8.17. The first kappa shape index (κ1) is 25.2. The van der Waals surface area contributed by atoms with E-state index >= 15 is 0 Å². The molecule has 0 amide bonds. The SMILES string of the molecule is Cc1nnc2n1-c1ccccc1N(CCCN1CCC(=C(c3ccc(Cl)cc3)c3ccc(Cl)cc3)CC1)C2. The molecule has 2 aliphatic rings. The molecule has 1 fully saturated rings. The van der Waals surface area contributed by atoms with Crippen LogP contribution in [0.1, 0.15) is 42.0 Å². The van der Waals surface area contributed by atoms with Crippen LogP contribution in [0.4, 0.5) is 5.69 Å². The lowest BCUT2D eigenvalue weighted by Gasteiger charge is -2.33. The minimum absolute atomic E-state index is 0.760. The van der Waals surface area contributed by atoms with Gasteiger partial charge >= 0.3 is 0 Å². The van der Waals surface area contributed by atoms with E-state index < -0.39 is 0 Å². The van der Waals surface area contributed by atoms with Crippen molar-refractivity contribution >= 4 is 34.5 Å². The third-order valence-electron chi connectivity index (χ3n) is 7.67. The molecular weight excluding hydrogens is 513 g/mol. The Morgan fingerprint density at radius 1 is 0.763 bits per heavy atom. The summed E-state index contributed by atoms with van der Waals surface area (Å²) in [5.74, 6) is 1.96. The predicted octanol–water partition coefficient (Wildman–Crippen LogP) is 7.19. The molecule has 38 heavy (non-hydrogen) atoms. The Balaban J connectivity index is 1.12. The van der Waals surface area contributed by atoms with Gasteiger partial charge in [-0.15, -0.1) is 10.2 Å². The number of aryl methyl sites for hydroxylation is 1. The zero-order chi connectivity index (χ0) is 26.1. The summed E-state index contributed by atoms with van der Waals surface area (Å²) in [6, 6.07) is 25.0. The van der Waals surface area contributed by atoms with Crippen molar-refractivity contribution in [2.24, 2.45) is 0 Å². The summed E-state index contributed by atoms with van der Waals surface area (Å²) in [5, 5.41) is 10.3. The molecule has 0 atom stereocenters. The normalized spacial score (nSPS) is 15.3. The Bertz CT molecular complexity index is 1400. The second-order valence-electron chi connectivity index (χ2n) is 10.1. The number of para-hydroxylation sites is 2. The summed E-state index contributed by atoms with van der Waals surface area (Å²) in [5.41, 5.74) is 7.70. The van der Waals surface area contributed by atoms with Crippen molar-refractivity contribution in [1.29, 1.82) is 0 Å². The predicted molar refractivity (Wildman–Crippen MR) is 156 cm³/mol. The van der Waals surface area contributed by atoms with E-state index in [0.717, 1.165) is 73.7 Å². The van der Waals surface area contributed by atoms with Crippen LogP contribution in [0.2, 0.25) is 10.0 Å². The molecule has 6 rings (SSSR count). The number of nitrogens with zero attached hydrogens (tertiary/aromatic N) is 5. The highest BCUT2D eigenvalue weighted by molar-refractivity contribution is 6.31. The topological polar surface area (TPSA) is 37.2 Å². The van der Waals surface area contributed by atoms with Crippen LogP contribution in [-0.4, -0.2) is 45.8 Å². The van der Waals surface area contributed by atoms with Gasteiger partial charge in [0.25, 0.3) is 0 Å². The lowest BCUT2D eigenvalue weighted by Crippen LogP contribution is -2.35. The molecule has 1 saturated heterocycles. The second kappa shape index (κ2) is 10.9. The first-order valence-electron chi connectivity index (χ1n) is 13.3. The molecule has 3 aromatic carbocycles. The lowest BCUT2D eigenvalue weighted by atomic mass is 9.88. The summed E-state index contributed by atoms with van der Waals surface area (Å²) in [6.45, 7) is 7.07. The number of benzene rings is 3. The number of aromatic nitrogens is 3. The van der Waals surface area contributed by atoms with Crippen molar-refractivity contribution in [3.05, 3.63) is 111 Å². The fraction of sp³-hybridized carbons (Fsp3) is 0.290. The molecule has 0 N–H and O–H groups in total.